The van der Waals surface area contributed by atoms with Gasteiger partial charge in [-0.25, -0.2) is 0 Å². The molecule has 0 bridgehead atoms. The van der Waals surface area contributed by atoms with Gasteiger partial charge in [-0.15, -0.1) is 0 Å². The lowest BCUT2D eigenvalue weighted by molar-refractivity contribution is 0.187. The van der Waals surface area contributed by atoms with Crippen LogP contribution in [0.25, 0.3) is 0 Å². The highest BCUT2D eigenvalue weighted by Crippen LogP contribution is 2.28. The van der Waals surface area contributed by atoms with Crippen molar-refractivity contribution >= 4 is 11.6 Å². The van der Waals surface area contributed by atoms with Crippen LogP contribution in [0.5, 0.6) is 5.75 Å². The molecule has 0 radical (unpaired) electrons. The van der Waals surface area contributed by atoms with Crippen LogP contribution in [0.3, 0.4) is 0 Å². The summed E-state index contributed by atoms with van der Waals surface area (Å²) in [6.45, 7) is 6.89. The van der Waals surface area contributed by atoms with Gasteiger partial charge in [0, 0.05) is 23.2 Å². The molecule has 0 saturated heterocycles. The van der Waals surface area contributed by atoms with E-state index in [0.717, 1.165) is 11.3 Å². The topological polar surface area (TPSA) is 41.5 Å². The molecule has 0 heterocycles. The smallest absolute Gasteiger partial charge is 0.124 e. The van der Waals surface area contributed by atoms with Crippen LogP contribution in [-0.2, 0) is 0 Å². The summed E-state index contributed by atoms with van der Waals surface area (Å²) in [5, 5.41) is 13.2. The molecule has 0 fully saturated rings. The van der Waals surface area contributed by atoms with Gasteiger partial charge in [0.25, 0.3) is 0 Å². The van der Waals surface area contributed by atoms with Gasteiger partial charge in [0.1, 0.15) is 5.75 Å². The van der Waals surface area contributed by atoms with Crippen LogP contribution in [0.1, 0.15) is 32.4 Å². The number of aliphatic hydroxyl groups is 1. The Kier molecular flexibility index (Phi) is 5.75. The Labute approximate surface area is 108 Å². The van der Waals surface area contributed by atoms with Crippen molar-refractivity contribution in [3.63, 3.8) is 0 Å². The molecule has 2 atom stereocenters. The van der Waals surface area contributed by atoms with E-state index in [0.29, 0.717) is 18.2 Å². The number of nitrogens with one attached hydrogen (secondary N) is 1. The van der Waals surface area contributed by atoms with Gasteiger partial charge in [0.05, 0.1) is 12.7 Å². The molecule has 0 aromatic heterocycles. The van der Waals surface area contributed by atoms with Crippen LogP contribution in [0, 0.1) is 0 Å². The number of hydrogen-bond donors (Lipinski definition) is 2. The van der Waals surface area contributed by atoms with Crippen LogP contribution >= 0.6 is 11.6 Å². The summed E-state index contributed by atoms with van der Waals surface area (Å²) in [5.74, 6) is 0.836. The first-order chi connectivity index (χ1) is 8.04. The van der Waals surface area contributed by atoms with Gasteiger partial charge < -0.3 is 15.2 Å². The lowest BCUT2D eigenvalue weighted by Gasteiger charge is -2.19. The molecule has 0 amide bonds. The van der Waals surface area contributed by atoms with Gasteiger partial charge >= 0.3 is 0 Å². The van der Waals surface area contributed by atoms with E-state index < -0.39 is 0 Å². The third-order valence-electron chi connectivity index (χ3n) is 2.46. The maximum Gasteiger partial charge on any atom is 0.124 e. The van der Waals surface area contributed by atoms with E-state index in [4.69, 9.17) is 16.3 Å². The molecule has 0 aliphatic rings. The average Bonchev–Trinajstić information content (AvgIpc) is 2.28. The highest BCUT2D eigenvalue weighted by molar-refractivity contribution is 6.30. The van der Waals surface area contributed by atoms with Crippen LogP contribution in [0.4, 0.5) is 0 Å². The maximum absolute atomic E-state index is 9.26. The number of ether oxygens (including phenoxy) is 1. The summed E-state index contributed by atoms with van der Waals surface area (Å²) in [6, 6.07) is 5.68. The molecular formula is C13H20ClNO2. The second-order valence-electron chi connectivity index (χ2n) is 4.09. The normalized spacial score (nSPS) is 14.4. The summed E-state index contributed by atoms with van der Waals surface area (Å²) < 4.78 is 5.56. The van der Waals surface area contributed by atoms with Crippen molar-refractivity contribution in [2.24, 2.45) is 0 Å². The molecule has 1 aromatic rings. The fourth-order valence-electron chi connectivity index (χ4n) is 1.60. The molecule has 3 nitrogen and oxygen atoms in total. The summed E-state index contributed by atoms with van der Waals surface area (Å²) >= 11 is 5.99. The molecule has 2 unspecified atom stereocenters. The molecule has 0 saturated carbocycles. The third kappa shape index (κ3) is 4.54. The zero-order valence-corrected chi connectivity index (χ0v) is 11.3. The van der Waals surface area contributed by atoms with Gasteiger partial charge in [-0.2, -0.15) is 0 Å². The van der Waals surface area contributed by atoms with E-state index in [-0.39, 0.29) is 12.1 Å². The minimum absolute atomic E-state index is 0.0878. The largest absolute Gasteiger partial charge is 0.494 e. The van der Waals surface area contributed by atoms with Crippen LogP contribution in [0.2, 0.25) is 5.02 Å². The van der Waals surface area contributed by atoms with Gasteiger partial charge in [0.2, 0.25) is 0 Å². The monoisotopic (exact) mass is 257 g/mol. The first-order valence-corrected chi connectivity index (χ1v) is 6.26. The highest BCUT2D eigenvalue weighted by atomic mass is 35.5. The summed E-state index contributed by atoms with van der Waals surface area (Å²) in [5.41, 5.74) is 1.01. The van der Waals surface area contributed by atoms with Crippen molar-refractivity contribution < 1.29 is 9.84 Å². The lowest BCUT2D eigenvalue weighted by atomic mass is 10.1. The third-order valence-corrected chi connectivity index (χ3v) is 2.69. The fourth-order valence-corrected chi connectivity index (χ4v) is 1.78. The zero-order valence-electron chi connectivity index (χ0n) is 10.5. The first-order valence-electron chi connectivity index (χ1n) is 5.88. The van der Waals surface area contributed by atoms with Crippen molar-refractivity contribution in [3.05, 3.63) is 28.8 Å². The highest BCUT2D eigenvalue weighted by Gasteiger charge is 2.12. The number of aliphatic hydroxyl groups excluding tert-OH is 1. The van der Waals surface area contributed by atoms with E-state index in [2.05, 4.69) is 5.32 Å². The number of rotatable bonds is 6. The second kappa shape index (κ2) is 6.84. The molecule has 96 valence electrons. The number of halogens is 1. The van der Waals surface area contributed by atoms with Crippen LogP contribution in [0.15, 0.2) is 18.2 Å². The molecule has 4 heteroatoms. The van der Waals surface area contributed by atoms with Crippen LogP contribution in [-0.4, -0.2) is 24.4 Å². The fraction of sp³-hybridized carbons (Fsp3) is 0.538. The SMILES string of the molecule is CCOc1ccc(Cl)cc1C(C)NCC(C)O. The van der Waals surface area contributed by atoms with Crippen molar-refractivity contribution in [2.45, 2.75) is 32.9 Å². The lowest BCUT2D eigenvalue weighted by Crippen LogP contribution is -2.27. The maximum atomic E-state index is 9.26. The average molecular weight is 258 g/mol. The van der Waals surface area contributed by atoms with E-state index in [9.17, 15) is 5.11 Å². The van der Waals surface area contributed by atoms with Crippen molar-refractivity contribution in [2.75, 3.05) is 13.2 Å². The predicted molar refractivity (Wildman–Crippen MR) is 70.7 cm³/mol. The van der Waals surface area contributed by atoms with E-state index in [1.165, 1.54) is 0 Å². The summed E-state index contributed by atoms with van der Waals surface area (Å²) in [4.78, 5) is 0. The Morgan fingerprint density at radius 2 is 2.12 bits per heavy atom. The standard InChI is InChI=1S/C13H20ClNO2/c1-4-17-13-6-5-11(14)7-12(13)10(3)15-8-9(2)16/h5-7,9-10,15-16H,4,8H2,1-3H3. The molecule has 1 aromatic carbocycles. The van der Waals surface area contributed by atoms with E-state index in [1.54, 1.807) is 6.92 Å². The molecular weight excluding hydrogens is 238 g/mol. The van der Waals surface area contributed by atoms with Crippen molar-refractivity contribution in [1.82, 2.24) is 5.32 Å². The molecule has 0 aliphatic carbocycles. The molecule has 0 spiro atoms. The van der Waals surface area contributed by atoms with E-state index >= 15 is 0 Å². The second-order valence-corrected chi connectivity index (χ2v) is 4.53. The number of hydrogen-bond acceptors (Lipinski definition) is 3. The molecule has 17 heavy (non-hydrogen) atoms. The van der Waals surface area contributed by atoms with Crippen molar-refractivity contribution in [3.8, 4) is 5.75 Å². The summed E-state index contributed by atoms with van der Waals surface area (Å²) in [6.07, 6.45) is -0.368. The number of benzene rings is 1. The van der Waals surface area contributed by atoms with Gasteiger partial charge in [0.15, 0.2) is 0 Å². The minimum atomic E-state index is -0.368. The predicted octanol–water partition coefficient (Wildman–Crippen LogP) is 2.77. The van der Waals surface area contributed by atoms with Crippen LogP contribution < -0.4 is 10.1 Å². The summed E-state index contributed by atoms with van der Waals surface area (Å²) in [7, 11) is 0. The van der Waals surface area contributed by atoms with Gasteiger partial charge in [-0.05, 0) is 39.0 Å². The minimum Gasteiger partial charge on any atom is -0.494 e. The van der Waals surface area contributed by atoms with E-state index in [1.807, 2.05) is 32.0 Å². The Morgan fingerprint density at radius 3 is 2.71 bits per heavy atom. The van der Waals surface area contributed by atoms with Crippen molar-refractivity contribution in [1.29, 1.82) is 0 Å². The Bertz CT molecular complexity index is 355. The Balaban J connectivity index is 2.81. The Morgan fingerprint density at radius 1 is 1.41 bits per heavy atom. The van der Waals surface area contributed by atoms with Gasteiger partial charge in [-0.1, -0.05) is 11.6 Å². The zero-order chi connectivity index (χ0) is 12.8. The van der Waals surface area contributed by atoms with Gasteiger partial charge in [-0.3, -0.25) is 0 Å². The Hall–Kier alpha value is -0.770. The molecule has 1 rings (SSSR count). The first kappa shape index (κ1) is 14.3. The molecule has 0 aliphatic heterocycles. The quantitative estimate of drug-likeness (QED) is 0.824. The molecule has 2 N–H and O–H groups in total.